The Morgan fingerprint density at radius 2 is 1.62 bits per heavy atom. The molecule has 0 aliphatic rings. The van der Waals surface area contributed by atoms with Gasteiger partial charge in [0.25, 0.3) is 0 Å². The van der Waals surface area contributed by atoms with Crippen LogP contribution in [-0.4, -0.2) is 71.7 Å². The van der Waals surface area contributed by atoms with Gasteiger partial charge in [-0.1, -0.05) is 6.42 Å². The Morgan fingerprint density at radius 3 is 2.14 bits per heavy atom. The Morgan fingerprint density at radius 1 is 0.966 bits per heavy atom. The summed E-state index contributed by atoms with van der Waals surface area (Å²) in [6.45, 7) is -0.0365. The van der Waals surface area contributed by atoms with Gasteiger partial charge in [-0.25, -0.2) is 4.79 Å². The molecule has 0 radical (unpaired) electrons. The summed E-state index contributed by atoms with van der Waals surface area (Å²) in [5.74, 6) is -4.06. The first kappa shape index (κ1) is 26.6. The summed E-state index contributed by atoms with van der Waals surface area (Å²) in [4.78, 5) is 57.9. The predicted molar refractivity (Wildman–Crippen MR) is 108 cm³/mol. The molecule has 0 aromatic rings. The summed E-state index contributed by atoms with van der Waals surface area (Å²) in [5.41, 5.74) is 16.1. The van der Waals surface area contributed by atoms with Gasteiger partial charge in [0.1, 0.15) is 12.1 Å². The molecule has 0 aromatic heterocycles. The van der Waals surface area contributed by atoms with Gasteiger partial charge in [0.2, 0.25) is 23.6 Å². The van der Waals surface area contributed by atoms with Crippen molar-refractivity contribution in [2.45, 2.75) is 50.2 Å². The molecular formula is C16H30N6O6S. The Kier molecular flexibility index (Phi) is 13.4. The number of carboxylic acids is 1. The molecule has 10 N–H and O–H groups in total. The zero-order valence-electron chi connectivity index (χ0n) is 16.1. The highest BCUT2D eigenvalue weighted by Gasteiger charge is 2.24. The van der Waals surface area contributed by atoms with Gasteiger partial charge in [-0.2, -0.15) is 12.6 Å². The number of amides is 4. The zero-order valence-corrected chi connectivity index (χ0v) is 17.0. The standard InChI is InChI=1S/C16H30N6O6S/c17-6-2-1-3-9(18)14(25)22-11(8-29)15(26)20-7-13(24)21-10(16(27)28)4-5-12(19)23/h9-11,29H,1-8,17-18H2,(H2,19,23)(H,20,26)(H,21,24)(H,22,25)(H,27,28). The second-order valence-electron chi connectivity index (χ2n) is 6.32. The van der Waals surface area contributed by atoms with Crippen molar-refractivity contribution in [1.29, 1.82) is 0 Å². The molecule has 29 heavy (non-hydrogen) atoms. The van der Waals surface area contributed by atoms with E-state index in [-0.39, 0.29) is 18.6 Å². The van der Waals surface area contributed by atoms with Crippen LogP contribution >= 0.6 is 12.6 Å². The number of hydrogen-bond acceptors (Lipinski definition) is 8. The number of carbonyl (C=O) groups excluding carboxylic acids is 4. The van der Waals surface area contributed by atoms with Gasteiger partial charge in [-0.05, 0) is 25.8 Å². The van der Waals surface area contributed by atoms with E-state index < -0.39 is 54.3 Å². The number of hydrogen-bond donors (Lipinski definition) is 8. The van der Waals surface area contributed by atoms with Gasteiger partial charge in [-0.3, -0.25) is 19.2 Å². The molecule has 166 valence electrons. The molecule has 0 heterocycles. The Hall–Kier alpha value is -2.38. The molecule has 0 aliphatic heterocycles. The van der Waals surface area contributed by atoms with Crippen molar-refractivity contribution in [2.24, 2.45) is 17.2 Å². The molecule has 4 amide bonds. The lowest BCUT2D eigenvalue weighted by Gasteiger charge is -2.19. The minimum atomic E-state index is -1.34. The van der Waals surface area contributed by atoms with Crippen molar-refractivity contribution in [2.75, 3.05) is 18.8 Å². The topological polar surface area (TPSA) is 220 Å². The summed E-state index contributed by atoms with van der Waals surface area (Å²) < 4.78 is 0. The minimum Gasteiger partial charge on any atom is -0.480 e. The number of carboxylic acid groups (broad SMARTS) is 1. The third-order valence-corrected chi connectivity index (χ3v) is 4.22. The number of aliphatic carboxylic acids is 1. The average Bonchev–Trinajstić information content (AvgIpc) is 2.66. The number of unbranched alkanes of at least 4 members (excludes halogenated alkanes) is 1. The molecule has 0 rings (SSSR count). The maximum Gasteiger partial charge on any atom is 0.326 e. The molecule has 0 bridgehead atoms. The molecule has 0 spiro atoms. The maximum atomic E-state index is 12.1. The molecule has 13 heteroatoms. The van der Waals surface area contributed by atoms with Gasteiger partial charge in [0.05, 0.1) is 12.6 Å². The number of carbonyl (C=O) groups is 5. The minimum absolute atomic E-state index is 0.0366. The maximum absolute atomic E-state index is 12.1. The Labute approximate surface area is 174 Å². The first-order valence-electron chi connectivity index (χ1n) is 9.07. The van der Waals surface area contributed by atoms with Crippen molar-refractivity contribution in [1.82, 2.24) is 16.0 Å². The van der Waals surface area contributed by atoms with Gasteiger partial charge in [-0.15, -0.1) is 0 Å². The number of rotatable bonds is 15. The normalized spacial score (nSPS) is 13.6. The molecule has 3 unspecified atom stereocenters. The van der Waals surface area contributed by atoms with Crippen molar-refractivity contribution < 1.29 is 29.1 Å². The van der Waals surface area contributed by atoms with Crippen LogP contribution in [0.2, 0.25) is 0 Å². The van der Waals surface area contributed by atoms with Gasteiger partial charge in [0.15, 0.2) is 0 Å². The third kappa shape index (κ3) is 11.9. The lowest BCUT2D eigenvalue weighted by atomic mass is 10.1. The Balaban J connectivity index is 4.51. The van der Waals surface area contributed by atoms with Crippen LogP contribution in [0, 0.1) is 0 Å². The number of primary amides is 1. The van der Waals surface area contributed by atoms with E-state index in [0.717, 1.165) is 6.42 Å². The molecule has 0 saturated heterocycles. The van der Waals surface area contributed by atoms with E-state index in [0.29, 0.717) is 19.4 Å². The third-order valence-electron chi connectivity index (χ3n) is 3.86. The van der Waals surface area contributed by atoms with Gasteiger partial charge < -0.3 is 38.3 Å². The fraction of sp³-hybridized carbons (Fsp3) is 0.688. The van der Waals surface area contributed by atoms with Crippen molar-refractivity contribution in [3.63, 3.8) is 0 Å². The molecule has 0 aliphatic carbocycles. The predicted octanol–water partition coefficient (Wildman–Crippen LogP) is -3.19. The first-order chi connectivity index (χ1) is 13.6. The number of nitrogens with one attached hydrogen (secondary N) is 3. The van der Waals surface area contributed by atoms with Crippen molar-refractivity contribution in [3.8, 4) is 0 Å². The van der Waals surface area contributed by atoms with Crippen LogP contribution in [0.25, 0.3) is 0 Å². The van der Waals surface area contributed by atoms with Crippen molar-refractivity contribution in [3.05, 3.63) is 0 Å². The van der Waals surface area contributed by atoms with E-state index in [2.05, 4.69) is 28.6 Å². The number of nitrogens with two attached hydrogens (primary N) is 3. The molecule has 0 saturated carbocycles. The highest BCUT2D eigenvalue weighted by atomic mass is 32.1. The summed E-state index contributed by atoms with van der Waals surface area (Å²) >= 11 is 4.00. The van der Waals surface area contributed by atoms with Crippen LogP contribution in [0.3, 0.4) is 0 Å². The van der Waals surface area contributed by atoms with E-state index in [9.17, 15) is 24.0 Å². The molecule has 0 aromatic carbocycles. The second-order valence-corrected chi connectivity index (χ2v) is 6.68. The largest absolute Gasteiger partial charge is 0.480 e. The van der Waals surface area contributed by atoms with Crippen molar-refractivity contribution >= 4 is 42.2 Å². The average molecular weight is 435 g/mol. The molecular weight excluding hydrogens is 404 g/mol. The van der Waals surface area contributed by atoms with Crippen LogP contribution in [-0.2, 0) is 24.0 Å². The van der Waals surface area contributed by atoms with E-state index in [1.54, 1.807) is 0 Å². The summed E-state index contributed by atoms with van der Waals surface area (Å²) in [6.07, 6.45) is 1.41. The monoisotopic (exact) mass is 434 g/mol. The fourth-order valence-electron chi connectivity index (χ4n) is 2.19. The van der Waals surface area contributed by atoms with Crippen LogP contribution in [0.4, 0.5) is 0 Å². The molecule has 12 nitrogen and oxygen atoms in total. The van der Waals surface area contributed by atoms with Crippen LogP contribution in [0.5, 0.6) is 0 Å². The second kappa shape index (κ2) is 14.6. The smallest absolute Gasteiger partial charge is 0.326 e. The van der Waals surface area contributed by atoms with Gasteiger partial charge >= 0.3 is 5.97 Å². The van der Waals surface area contributed by atoms with Gasteiger partial charge in [0, 0.05) is 12.2 Å². The SMILES string of the molecule is NCCCCC(N)C(=O)NC(CS)C(=O)NCC(=O)NC(CCC(N)=O)C(=O)O. The highest BCUT2D eigenvalue weighted by molar-refractivity contribution is 7.80. The molecule has 0 fully saturated rings. The quantitative estimate of drug-likeness (QED) is 0.0966. The van der Waals surface area contributed by atoms with E-state index in [4.69, 9.17) is 22.3 Å². The summed E-state index contributed by atoms with van der Waals surface area (Å²) in [5, 5.41) is 15.9. The van der Waals surface area contributed by atoms with E-state index in [1.807, 2.05) is 0 Å². The lowest BCUT2D eigenvalue weighted by molar-refractivity contribution is -0.142. The van der Waals surface area contributed by atoms with Crippen LogP contribution in [0.1, 0.15) is 32.1 Å². The lowest BCUT2D eigenvalue weighted by Crippen LogP contribution is -2.54. The summed E-state index contributed by atoms with van der Waals surface area (Å²) in [6, 6.07) is -3.15. The van der Waals surface area contributed by atoms with E-state index >= 15 is 0 Å². The molecule has 3 atom stereocenters. The number of thiol groups is 1. The first-order valence-corrected chi connectivity index (χ1v) is 9.70. The van der Waals surface area contributed by atoms with Crippen LogP contribution in [0.15, 0.2) is 0 Å². The van der Waals surface area contributed by atoms with Crippen LogP contribution < -0.4 is 33.2 Å². The highest BCUT2D eigenvalue weighted by Crippen LogP contribution is 2.00. The Bertz CT molecular complexity index is 590. The summed E-state index contributed by atoms with van der Waals surface area (Å²) in [7, 11) is 0. The fourth-order valence-corrected chi connectivity index (χ4v) is 2.45. The van der Waals surface area contributed by atoms with E-state index in [1.165, 1.54) is 0 Å². The zero-order chi connectivity index (χ0) is 22.4.